The van der Waals surface area contributed by atoms with Gasteiger partial charge in [0, 0.05) is 6.04 Å². The van der Waals surface area contributed by atoms with Gasteiger partial charge in [-0.15, -0.1) is 12.4 Å². The average Bonchev–Trinajstić information content (AvgIpc) is 2.12. The second kappa shape index (κ2) is 2.83. The zero-order valence-electron chi connectivity index (χ0n) is 4.70. The smallest absolute Gasteiger partial charge is 0.216 e. The van der Waals surface area contributed by atoms with Crippen LogP contribution in [0.3, 0.4) is 0 Å². The Hall–Kier alpha value is 0.160. The van der Waals surface area contributed by atoms with Gasteiger partial charge in [-0.05, 0) is 12.8 Å². The minimum atomic E-state index is -3.41. The molecule has 4 nitrogen and oxygen atoms in total. The Balaban J connectivity index is 0.000000640. The summed E-state index contributed by atoms with van der Waals surface area (Å²) < 4.78 is 22.5. The molecule has 0 amide bonds. The summed E-state index contributed by atoms with van der Waals surface area (Å²) in [5, 5.41) is 4.64. The zero-order valence-corrected chi connectivity index (χ0v) is 6.33. The summed E-state index contributed by atoms with van der Waals surface area (Å²) in [4.78, 5) is 0. The topological polar surface area (TPSA) is 72.2 Å². The van der Waals surface area contributed by atoms with Crippen LogP contribution in [0.5, 0.6) is 0 Å². The van der Waals surface area contributed by atoms with Crippen molar-refractivity contribution in [1.82, 2.24) is 4.72 Å². The number of hydrogen-bond donors (Lipinski definition) is 2. The summed E-state index contributed by atoms with van der Waals surface area (Å²) in [5.74, 6) is 0. The summed E-state index contributed by atoms with van der Waals surface area (Å²) >= 11 is 0. The van der Waals surface area contributed by atoms with Crippen LogP contribution in [0.2, 0.25) is 0 Å². The minimum Gasteiger partial charge on any atom is -0.216 e. The molecule has 1 rings (SSSR count). The molecule has 0 spiro atoms. The van der Waals surface area contributed by atoms with Crippen LogP contribution in [-0.4, -0.2) is 14.5 Å². The monoisotopic (exact) mass is 172 g/mol. The Morgan fingerprint density at radius 3 is 2.00 bits per heavy atom. The van der Waals surface area contributed by atoms with Crippen molar-refractivity contribution in [2.75, 3.05) is 0 Å². The molecule has 0 aliphatic heterocycles. The molecular formula is C3H9ClN2O2S. The van der Waals surface area contributed by atoms with Gasteiger partial charge in [0.2, 0.25) is 0 Å². The Labute approximate surface area is 60.4 Å². The molecule has 0 radical (unpaired) electrons. The molecule has 1 fully saturated rings. The van der Waals surface area contributed by atoms with Gasteiger partial charge in [0.1, 0.15) is 0 Å². The summed E-state index contributed by atoms with van der Waals surface area (Å²) in [6.45, 7) is 0. The Morgan fingerprint density at radius 2 is 1.89 bits per heavy atom. The third-order valence-electron chi connectivity index (χ3n) is 0.908. The third-order valence-corrected chi connectivity index (χ3v) is 1.57. The van der Waals surface area contributed by atoms with E-state index < -0.39 is 10.2 Å². The standard InChI is InChI=1S/C3H8N2O2S.ClH/c4-8(6,7)5-3-1-2-3;/h3,5H,1-2H2,(H2,4,6,7);1H. The highest BCUT2D eigenvalue weighted by molar-refractivity contribution is 7.87. The fourth-order valence-corrected chi connectivity index (χ4v) is 1.13. The average molecular weight is 173 g/mol. The van der Waals surface area contributed by atoms with Crippen molar-refractivity contribution in [1.29, 1.82) is 0 Å². The van der Waals surface area contributed by atoms with Crippen molar-refractivity contribution in [3.63, 3.8) is 0 Å². The predicted octanol–water partition coefficient (Wildman–Crippen LogP) is -0.636. The zero-order chi connectivity index (χ0) is 6.20. The van der Waals surface area contributed by atoms with Crippen molar-refractivity contribution in [2.24, 2.45) is 5.14 Å². The molecule has 1 saturated carbocycles. The van der Waals surface area contributed by atoms with E-state index in [1.807, 2.05) is 0 Å². The molecule has 0 bridgehead atoms. The van der Waals surface area contributed by atoms with Gasteiger partial charge in [-0.1, -0.05) is 0 Å². The van der Waals surface area contributed by atoms with Gasteiger partial charge >= 0.3 is 0 Å². The molecule has 9 heavy (non-hydrogen) atoms. The molecule has 6 heteroatoms. The molecule has 0 unspecified atom stereocenters. The van der Waals surface area contributed by atoms with E-state index in [-0.39, 0.29) is 18.4 Å². The number of hydrogen-bond acceptors (Lipinski definition) is 2. The number of halogens is 1. The first-order valence-corrected chi connectivity index (χ1v) is 3.92. The maximum Gasteiger partial charge on any atom is 0.274 e. The highest BCUT2D eigenvalue weighted by atomic mass is 35.5. The van der Waals surface area contributed by atoms with Gasteiger partial charge in [0.25, 0.3) is 10.2 Å². The van der Waals surface area contributed by atoms with Crippen LogP contribution >= 0.6 is 12.4 Å². The highest BCUT2D eigenvalue weighted by Gasteiger charge is 2.24. The molecule has 0 atom stereocenters. The number of nitrogens with two attached hydrogens (primary N) is 1. The van der Waals surface area contributed by atoms with Crippen LogP contribution in [0, 0.1) is 0 Å². The highest BCUT2D eigenvalue weighted by Crippen LogP contribution is 2.18. The lowest BCUT2D eigenvalue weighted by Crippen LogP contribution is -2.32. The van der Waals surface area contributed by atoms with Crippen molar-refractivity contribution in [3.8, 4) is 0 Å². The second-order valence-corrected chi connectivity index (χ2v) is 3.26. The second-order valence-electron chi connectivity index (χ2n) is 1.94. The van der Waals surface area contributed by atoms with Crippen LogP contribution in [0.15, 0.2) is 0 Å². The van der Waals surface area contributed by atoms with Crippen LogP contribution in [0.1, 0.15) is 12.8 Å². The van der Waals surface area contributed by atoms with Gasteiger partial charge in [0.15, 0.2) is 0 Å². The third kappa shape index (κ3) is 4.65. The van der Waals surface area contributed by atoms with Gasteiger partial charge in [-0.3, -0.25) is 0 Å². The van der Waals surface area contributed by atoms with E-state index in [1.165, 1.54) is 0 Å². The van der Waals surface area contributed by atoms with E-state index in [2.05, 4.69) is 9.86 Å². The van der Waals surface area contributed by atoms with E-state index in [4.69, 9.17) is 0 Å². The van der Waals surface area contributed by atoms with Gasteiger partial charge in [-0.2, -0.15) is 13.1 Å². The maximum atomic E-state index is 10.1. The Morgan fingerprint density at radius 1 is 1.44 bits per heavy atom. The lowest BCUT2D eigenvalue weighted by molar-refractivity contribution is 0.583. The molecule has 1 aliphatic rings. The molecule has 56 valence electrons. The summed E-state index contributed by atoms with van der Waals surface area (Å²) in [6, 6.07) is 0.130. The number of rotatable bonds is 2. The van der Waals surface area contributed by atoms with E-state index in [0.29, 0.717) is 0 Å². The first kappa shape index (κ1) is 9.16. The summed E-state index contributed by atoms with van der Waals surface area (Å²) in [7, 11) is -3.41. The SMILES string of the molecule is Cl.NS(=O)(=O)NC1CC1. The molecule has 3 N–H and O–H groups in total. The van der Waals surface area contributed by atoms with Crippen LogP contribution < -0.4 is 9.86 Å². The lowest BCUT2D eigenvalue weighted by Gasteiger charge is -1.93. The van der Waals surface area contributed by atoms with Crippen LogP contribution in [-0.2, 0) is 10.2 Å². The van der Waals surface area contributed by atoms with Crippen LogP contribution in [0.4, 0.5) is 0 Å². The van der Waals surface area contributed by atoms with E-state index in [9.17, 15) is 8.42 Å². The van der Waals surface area contributed by atoms with Crippen molar-refractivity contribution < 1.29 is 8.42 Å². The van der Waals surface area contributed by atoms with Gasteiger partial charge in [-0.25, -0.2) is 5.14 Å². The van der Waals surface area contributed by atoms with Crippen molar-refractivity contribution >= 4 is 22.6 Å². The normalized spacial score (nSPS) is 18.8. The van der Waals surface area contributed by atoms with Crippen molar-refractivity contribution in [3.05, 3.63) is 0 Å². The molecule has 0 aromatic heterocycles. The quantitative estimate of drug-likeness (QED) is 0.582. The summed E-state index contributed by atoms with van der Waals surface area (Å²) in [6.07, 6.45) is 1.85. The van der Waals surface area contributed by atoms with E-state index >= 15 is 0 Å². The van der Waals surface area contributed by atoms with Crippen LogP contribution in [0.25, 0.3) is 0 Å². The Kier molecular flexibility index (Phi) is 2.88. The minimum absolute atomic E-state index is 0. The lowest BCUT2D eigenvalue weighted by atomic mass is 10.8. The maximum absolute atomic E-state index is 10.1. The van der Waals surface area contributed by atoms with Gasteiger partial charge in [0.05, 0.1) is 0 Å². The van der Waals surface area contributed by atoms with E-state index in [0.717, 1.165) is 12.8 Å². The Bertz CT molecular complexity index is 174. The largest absolute Gasteiger partial charge is 0.274 e. The first-order valence-electron chi connectivity index (χ1n) is 2.38. The number of nitrogens with one attached hydrogen (secondary N) is 1. The first-order chi connectivity index (χ1) is 3.58. The fourth-order valence-electron chi connectivity index (χ4n) is 0.433. The molecular weight excluding hydrogens is 164 g/mol. The molecule has 0 aromatic carbocycles. The molecule has 1 aliphatic carbocycles. The summed E-state index contributed by atoms with van der Waals surface area (Å²) in [5.41, 5.74) is 0. The van der Waals surface area contributed by atoms with E-state index in [1.54, 1.807) is 0 Å². The fraction of sp³-hybridized carbons (Fsp3) is 1.00. The molecule has 0 heterocycles. The molecule has 0 saturated heterocycles. The predicted molar refractivity (Wildman–Crippen MR) is 36.5 cm³/mol. The van der Waals surface area contributed by atoms with Crippen molar-refractivity contribution in [2.45, 2.75) is 18.9 Å². The van der Waals surface area contributed by atoms with Gasteiger partial charge < -0.3 is 0 Å². The molecule has 0 aromatic rings.